The van der Waals surface area contributed by atoms with Crippen LogP contribution < -0.4 is 5.43 Å². The summed E-state index contributed by atoms with van der Waals surface area (Å²) in [6.07, 6.45) is 2.25. The van der Waals surface area contributed by atoms with Crippen molar-refractivity contribution in [2.45, 2.75) is 20.3 Å². The lowest BCUT2D eigenvalue weighted by Gasteiger charge is -2.12. The van der Waals surface area contributed by atoms with Gasteiger partial charge in [0.05, 0.1) is 11.4 Å². The van der Waals surface area contributed by atoms with Gasteiger partial charge in [0.25, 0.3) is 0 Å². The number of aromatic amines is 1. The highest BCUT2D eigenvalue weighted by Gasteiger charge is 2.17. The molecule has 0 aliphatic heterocycles. The van der Waals surface area contributed by atoms with Crippen LogP contribution in [0.3, 0.4) is 0 Å². The fourth-order valence-electron chi connectivity index (χ4n) is 3.89. The van der Waals surface area contributed by atoms with E-state index < -0.39 is 0 Å². The molecule has 0 atom stereocenters. The van der Waals surface area contributed by atoms with Crippen molar-refractivity contribution in [3.63, 3.8) is 0 Å². The number of benzene rings is 2. The van der Waals surface area contributed by atoms with E-state index in [-0.39, 0.29) is 5.43 Å². The van der Waals surface area contributed by atoms with Crippen LogP contribution in [0.5, 0.6) is 0 Å². The average Bonchev–Trinajstić information content (AvgIpc) is 2.81. The highest BCUT2D eigenvalue weighted by Crippen LogP contribution is 2.31. The third-order valence-electron chi connectivity index (χ3n) is 5.54. The lowest BCUT2D eigenvalue weighted by atomic mass is 10.0. The lowest BCUT2D eigenvalue weighted by molar-refractivity contribution is 1.11. The predicted octanol–water partition coefficient (Wildman–Crippen LogP) is 5.91. The molecule has 0 aliphatic rings. The largest absolute Gasteiger partial charge is 0.344 e. The molecule has 0 aliphatic carbocycles. The summed E-state index contributed by atoms with van der Waals surface area (Å²) < 4.78 is 0. The zero-order chi connectivity index (χ0) is 22.9. The summed E-state index contributed by atoms with van der Waals surface area (Å²) in [4.78, 5) is 30.5. The van der Waals surface area contributed by atoms with Crippen molar-refractivity contribution in [3.8, 4) is 22.5 Å². The Hall–Kier alpha value is -3.83. The molecule has 2 aromatic carbocycles. The molecule has 5 rings (SSSR count). The second-order valence-electron chi connectivity index (χ2n) is 8.11. The van der Waals surface area contributed by atoms with Gasteiger partial charge < -0.3 is 4.98 Å². The second kappa shape index (κ2) is 8.60. The number of halogens is 1. The van der Waals surface area contributed by atoms with Crippen LogP contribution >= 0.6 is 11.6 Å². The summed E-state index contributed by atoms with van der Waals surface area (Å²) in [5.74, 6) is 0. The molecular formula is C27H21ClN4O. The van der Waals surface area contributed by atoms with Gasteiger partial charge in [0.15, 0.2) is 11.2 Å². The Morgan fingerprint density at radius 2 is 1.58 bits per heavy atom. The summed E-state index contributed by atoms with van der Waals surface area (Å²) in [5, 5.41) is 0.368. The van der Waals surface area contributed by atoms with Crippen molar-refractivity contribution in [2.24, 2.45) is 0 Å². The minimum absolute atomic E-state index is 0.130. The number of H-pyrrole nitrogens is 1. The first-order chi connectivity index (χ1) is 16.0. The van der Waals surface area contributed by atoms with Crippen molar-refractivity contribution in [1.82, 2.24) is 19.9 Å². The number of aromatic nitrogens is 4. The van der Waals surface area contributed by atoms with Gasteiger partial charge in [-0.3, -0.25) is 4.79 Å². The van der Waals surface area contributed by atoms with Gasteiger partial charge in [0, 0.05) is 35.0 Å². The molecule has 33 heavy (non-hydrogen) atoms. The van der Waals surface area contributed by atoms with Gasteiger partial charge in [0.1, 0.15) is 5.15 Å². The maximum absolute atomic E-state index is 13.4. The number of nitrogens with zero attached hydrogens (tertiary/aromatic N) is 3. The Kier molecular flexibility index (Phi) is 5.48. The minimum atomic E-state index is -0.130. The topological polar surface area (TPSA) is 71.5 Å². The Bertz CT molecular complexity index is 1510. The quantitative estimate of drug-likeness (QED) is 0.344. The summed E-state index contributed by atoms with van der Waals surface area (Å²) in [7, 11) is 0. The first-order valence-electron chi connectivity index (χ1n) is 10.7. The van der Waals surface area contributed by atoms with Crippen LogP contribution in [0.15, 0.2) is 77.7 Å². The van der Waals surface area contributed by atoms with E-state index >= 15 is 0 Å². The minimum Gasteiger partial charge on any atom is -0.344 e. The lowest BCUT2D eigenvalue weighted by Crippen LogP contribution is -2.14. The molecule has 6 heteroatoms. The Labute approximate surface area is 196 Å². The molecule has 5 aromatic rings. The van der Waals surface area contributed by atoms with Crippen LogP contribution in [0.1, 0.15) is 22.4 Å². The second-order valence-corrected chi connectivity index (χ2v) is 8.50. The molecule has 3 aromatic heterocycles. The van der Waals surface area contributed by atoms with Crippen molar-refractivity contribution in [3.05, 3.63) is 111 Å². The van der Waals surface area contributed by atoms with E-state index in [0.717, 1.165) is 22.4 Å². The fourth-order valence-corrected chi connectivity index (χ4v) is 4.14. The van der Waals surface area contributed by atoms with Crippen molar-refractivity contribution in [2.75, 3.05) is 0 Å². The zero-order valence-electron chi connectivity index (χ0n) is 18.3. The summed E-state index contributed by atoms with van der Waals surface area (Å²) in [6, 6.07) is 21.6. The molecule has 0 bridgehead atoms. The standard InChI is InChI=1S/C27H21ClN4O/c1-16-8-10-18(11-9-16)13-21-15-29-27-25(26(21)33)31-24(20-12-17(2)30-22(28)14-20)23(32-27)19-6-4-3-5-7-19/h3-12,14-15H,13H2,1-2H3,(H,29,32,33). The van der Waals surface area contributed by atoms with Crippen molar-refractivity contribution < 1.29 is 0 Å². The van der Waals surface area contributed by atoms with E-state index in [1.54, 1.807) is 12.3 Å². The molecule has 5 nitrogen and oxygen atoms in total. The Morgan fingerprint density at radius 3 is 2.30 bits per heavy atom. The third-order valence-corrected chi connectivity index (χ3v) is 5.74. The van der Waals surface area contributed by atoms with Gasteiger partial charge in [-0.05, 0) is 31.5 Å². The van der Waals surface area contributed by atoms with E-state index in [9.17, 15) is 4.79 Å². The van der Waals surface area contributed by atoms with E-state index in [4.69, 9.17) is 21.6 Å². The van der Waals surface area contributed by atoms with Gasteiger partial charge in [0.2, 0.25) is 5.43 Å². The number of fused-ring (bicyclic) bond motifs is 1. The van der Waals surface area contributed by atoms with Crippen LogP contribution in [0.25, 0.3) is 33.7 Å². The highest BCUT2D eigenvalue weighted by molar-refractivity contribution is 6.29. The van der Waals surface area contributed by atoms with Crippen LogP contribution in [-0.2, 0) is 6.42 Å². The van der Waals surface area contributed by atoms with Gasteiger partial charge in [-0.15, -0.1) is 0 Å². The zero-order valence-corrected chi connectivity index (χ0v) is 19.0. The van der Waals surface area contributed by atoms with Gasteiger partial charge >= 0.3 is 0 Å². The number of aryl methyl sites for hydroxylation is 2. The number of hydrogen-bond donors (Lipinski definition) is 1. The molecule has 3 heterocycles. The van der Waals surface area contributed by atoms with Crippen LogP contribution in [0, 0.1) is 13.8 Å². The predicted molar refractivity (Wildman–Crippen MR) is 133 cm³/mol. The first-order valence-corrected chi connectivity index (χ1v) is 11.0. The number of hydrogen-bond acceptors (Lipinski definition) is 4. The Balaban J connectivity index is 1.72. The number of rotatable bonds is 4. The van der Waals surface area contributed by atoms with Crippen LogP contribution in [-0.4, -0.2) is 19.9 Å². The van der Waals surface area contributed by atoms with Gasteiger partial charge in [-0.25, -0.2) is 15.0 Å². The third kappa shape index (κ3) is 4.28. The number of pyridine rings is 2. The maximum atomic E-state index is 13.4. The Morgan fingerprint density at radius 1 is 0.848 bits per heavy atom. The fraction of sp³-hybridized carbons (Fsp3) is 0.111. The number of nitrogens with one attached hydrogen (secondary N) is 1. The maximum Gasteiger partial charge on any atom is 0.212 e. The molecule has 0 spiro atoms. The summed E-state index contributed by atoms with van der Waals surface area (Å²) in [5.41, 5.74) is 7.22. The molecule has 162 valence electrons. The molecular weight excluding hydrogens is 432 g/mol. The molecule has 0 saturated carbocycles. The molecule has 1 N–H and O–H groups in total. The van der Waals surface area contributed by atoms with E-state index in [0.29, 0.717) is 39.7 Å². The van der Waals surface area contributed by atoms with Crippen LogP contribution in [0.2, 0.25) is 5.15 Å². The van der Waals surface area contributed by atoms with Crippen LogP contribution in [0.4, 0.5) is 0 Å². The monoisotopic (exact) mass is 452 g/mol. The normalized spacial score (nSPS) is 11.1. The first kappa shape index (κ1) is 21.0. The SMILES string of the molecule is Cc1ccc(Cc2c[nH]c3nc(-c4ccccc4)c(-c4cc(C)nc(Cl)c4)nc3c2=O)cc1. The van der Waals surface area contributed by atoms with E-state index in [1.165, 1.54) is 5.56 Å². The van der Waals surface area contributed by atoms with Crippen molar-refractivity contribution in [1.29, 1.82) is 0 Å². The molecule has 0 unspecified atom stereocenters. The smallest absolute Gasteiger partial charge is 0.212 e. The van der Waals surface area contributed by atoms with Gasteiger partial charge in [-0.2, -0.15) is 0 Å². The van der Waals surface area contributed by atoms with E-state index in [2.05, 4.69) is 9.97 Å². The van der Waals surface area contributed by atoms with Crippen molar-refractivity contribution >= 4 is 22.8 Å². The molecule has 0 fully saturated rings. The molecule has 0 amide bonds. The summed E-state index contributed by atoms with van der Waals surface area (Å²) >= 11 is 6.25. The average molecular weight is 453 g/mol. The molecule has 0 saturated heterocycles. The highest BCUT2D eigenvalue weighted by atomic mass is 35.5. The molecule has 0 radical (unpaired) electrons. The van der Waals surface area contributed by atoms with Gasteiger partial charge in [-0.1, -0.05) is 71.8 Å². The summed E-state index contributed by atoms with van der Waals surface area (Å²) in [6.45, 7) is 3.92. The van der Waals surface area contributed by atoms with E-state index in [1.807, 2.05) is 74.5 Å².